The van der Waals surface area contributed by atoms with E-state index in [0.717, 1.165) is 25.7 Å². The number of nitrogens with two attached hydrogens (primary N) is 1. The molecule has 2 atom stereocenters. The van der Waals surface area contributed by atoms with Crippen molar-refractivity contribution in [2.24, 2.45) is 11.7 Å². The van der Waals surface area contributed by atoms with Gasteiger partial charge in [0.25, 0.3) is 0 Å². The summed E-state index contributed by atoms with van der Waals surface area (Å²) in [5.41, 5.74) is 7.31. The van der Waals surface area contributed by atoms with Gasteiger partial charge in [-0.05, 0) is 30.9 Å². The molecule has 1 saturated carbocycles. The van der Waals surface area contributed by atoms with Gasteiger partial charge in [-0.1, -0.05) is 12.8 Å². The Bertz CT molecular complexity index is 580. The third-order valence-electron chi connectivity index (χ3n) is 4.21. The fourth-order valence-corrected chi connectivity index (χ4v) is 3.00. The van der Waals surface area contributed by atoms with Gasteiger partial charge in [-0.15, -0.1) is 12.4 Å². The van der Waals surface area contributed by atoms with Crippen molar-refractivity contribution < 1.29 is 14.3 Å². The van der Waals surface area contributed by atoms with Gasteiger partial charge < -0.3 is 21.1 Å². The molecule has 24 heavy (non-hydrogen) atoms. The topological polar surface area (TPSA) is 93.4 Å². The lowest BCUT2D eigenvalue weighted by Gasteiger charge is -2.28. The number of ether oxygens (including phenoxy) is 1. The van der Waals surface area contributed by atoms with E-state index in [1.165, 1.54) is 14.0 Å². The summed E-state index contributed by atoms with van der Waals surface area (Å²) in [7, 11) is 1.52. The number of anilines is 2. The van der Waals surface area contributed by atoms with Gasteiger partial charge in [-0.2, -0.15) is 0 Å². The molecule has 6 nitrogen and oxygen atoms in total. The fourth-order valence-electron chi connectivity index (χ4n) is 3.00. The normalized spacial score (nSPS) is 19.8. The lowest BCUT2D eigenvalue weighted by atomic mass is 9.83. The van der Waals surface area contributed by atoms with Crippen LogP contribution < -0.4 is 21.1 Å². The van der Waals surface area contributed by atoms with Crippen LogP contribution in [0.2, 0.25) is 0 Å². The molecule has 0 radical (unpaired) electrons. The minimum Gasteiger partial charge on any atom is -0.494 e. The molecule has 1 aromatic rings. The molecule has 0 bridgehead atoms. The van der Waals surface area contributed by atoms with Gasteiger partial charge in [0.05, 0.1) is 12.8 Å². The molecule has 7 heteroatoms. The first-order valence-electron chi connectivity index (χ1n) is 8.00. The summed E-state index contributed by atoms with van der Waals surface area (Å²) in [5.74, 6) is 0.546. The molecule has 2 unspecified atom stereocenters. The summed E-state index contributed by atoms with van der Waals surface area (Å²) >= 11 is 0. The third-order valence-corrected chi connectivity index (χ3v) is 4.21. The second-order valence-corrected chi connectivity index (χ2v) is 6.06. The largest absolute Gasteiger partial charge is 0.494 e. The van der Waals surface area contributed by atoms with E-state index < -0.39 is 0 Å². The average Bonchev–Trinajstić information content (AvgIpc) is 2.50. The first-order chi connectivity index (χ1) is 11.0. The Morgan fingerprint density at radius 2 is 1.96 bits per heavy atom. The maximum atomic E-state index is 12.2. The molecule has 1 fully saturated rings. The minimum atomic E-state index is -0.175. The number of carbonyl (C=O) groups excluding carboxylic acids is 2. The molecule has 2 amide bonds. The van der Waals surface area contributed by atoms with Gasteiger partial charge in [-0.3, -0.25) is 9.59 Å². The second-order valence-electron chi connectivity index (χ2n) is 6.06. The molecule has 0 aliphatic heterocycles. The van der Waals surface area contributed by atoms with Crippen LogP contribution in [-0.2, 0) is 9.59 Å². The van der Waals surface area contributed by atoms with Crippen LogP contribution in [0.25, 0.3) is 0 Å². The van der Waals surface area contributed by atoms with Gasteiger partial charge in [0.15, 0.2) is 0 Å². The summed E-state index contributed by atoms with van der Waals surface area (Å²) in [6.45, 7) is 1.43. The van der Waals surface area contributed by atoms with Gasteiger partial charge in [0.1, 0.15) is 5.75 Å². The highest BCUT2D eigenvalue weighted by Crippen LogP contribution is 2.29. The number of carbonyl (C=O) groups is 2. The van der Waals surface area contributed by atoms with E-state index in [1.807, 2.05) is 0 Å². The SMILES string of the molecule is COc1cc(NC(=O)CC2CCCCC2N)ccc1NC(C)=O.Cl. The zero-order valence-corrected chi connectivity index (χ0v) is 14.9. The van der Waals surface area contributed by atoms with E-state index in [0.29, 0.717) is 23.5 Å². The van der Waals surface area contributed by atoms with Gasteiger partial charge in [0.2, 0.25) is 11.8 Å². The number of nitrogens with one attached hydrogen (secondary N) is 2. The third kappa shape index (κ3) is 5.69. The lowest BCUT2D eigenvalue weighted by Crippen LogP contribution is -2.35. The van der Waals surface area contributed by atoms with E-state index >= 15 is 0 Å². The standard InChI is InChI=1S/C17H25N3O3.ClH/c1-11(21)19-15-8-7-13(10-16(15)23-2)20-17(22)9-12-5-3-4-6-14(12)18;/h7-8,10,12,14H,3-6,9,18H2,1-2H3,(H,19,21)(H,20,22);1H. The Morgan fingerprint density at radius 3 is 2.58 bits per heavy atom. The number of halogens is 1. The highest BCUT2D eigenvalue weighted by Gasteiger charge is 2.24. The number of amides is 2. The summed E-state index contributed by atoms with van der Waals surface area (Å²) in [6.07, 6.45) is 4.75. The molecule has 0 saturated heterocycles. The van der Waals surface area contributed by atoms with Crippen molar-refractivity contribution in [3.63, 3.8) is 0 Å². The van der Waals surface area contributed by atoms with Crippen molar-refractivity contribution in [2.75, 3.05) is 17.7 Å². The van der Waals surface area contributed by atoms with E-state index in [4.69, 9.17) is 10.5 Å². The Hall–Kier alpha value is -1.79. The molecular formula is C17H26ClN3O3. The molecule has 1 aromatic carbocycles. The first kappa shape index (κ1) is 20.3. The van der Waals surface area contributed by atoms with Crippen LogP contribution in [0.1, 0.15) is 39.0 Å². The summed E-state index contributed by atoms with van der Waals surface area (Å²) in [4.78, 5) is 23.4. The second kappa shape index (κ2) is 9.49. The predicted octanol–water partition coefficient (Wildman–Crippen LogP) is 2.92. The fraction of sp³-hybridized carbons (Fsp3) is 0.529. The zero-order valence-electron chi connectivity index (χ0n) is 14.1. The summed E-state index contributed by atoms with van der Waals surface area (Å²) in [5, 5.41) is 5.56. The zero-order chi connectivity index (χ0) is 16.8. The van der Waals surface area contributed by atoms with Crippen LogP contribution in [0.5, 0.6) is 5.75 Å². The quantitative estimate of drug-likeness (QED) is 0.757. The highest BCUT2D eigenvalue weighted by molar-refractivity contribution is 5.93. The monoisotopic (exact) mass is 355 g/mol. The lowest BCUT2D eigenvalue weighted by molar-refractivity contribution is -0.117. The van der Waals surface area contributed by atoms with Crippen molar-refractivity contribution in [1.82, 2.24) is 0 Å². The molecule has 4 N–H and O–H groups in total. The molecule has 1 aliphatic carbocycles. The summed E-state index contributed by atoms with van der Waals surface area (Å²) < 4.78 is 5.25. The Morgan fingerprint density at radius 1 is 1.25 bits per heavy atom. The highest BCUT2D eigenvalue weighted by atomic mass is 35.5. The van der Waals surface area contributed by atoms with Crippen LogP contribution in [-0.4, -0.2) is 25.0 Å². The Balaban J connectivity index is 0.00000288. The maximum Gasteiger partial charge on any atom is 0.224 e. The van der Waals surface area contributed by atoms with Crippen LogP contribution >= 0.6 is 12.4 Å². The summed E-state index contributed by atoms with van der Waals surface area (Å²) in [6, 6.07) is 5.27. The van der Waals surface area contributed by atoms with Gasteiger partial charge >= 0.3 is 0 Å². The minimum absolute atomic E-state index is 0. The Labute approximate surface area is 148 Å². The van der Waals surface area contributed by atoms with Gasteiger partial charge in [-0.25, -0.2) is 0 Å². The van der Waals surface area contributed by atoms with Crippen LogP contribution in [0.3, 0.4) is 0 Å². The number of hydrogen-bond donors (Lipinski definition) is 3. The molecule has 0 aromatic heterocycles. The maximum absolute atomic E-state index is 12.2. The molecular weight excluding hydrogens is 330 g/mol. The van der Waals surface area contributed by atoms with Gasteiger partial charge in [0, 0.05) is 31.1 Å². The Kier molecular flexibility index (Phi) is 8.01. The van der Waals surface area contributed by atoms with E-state index in [-0.39, 0.29) is 36.2 Å². The first-order valence-corrected chi connectivity index (χ1v) is 8.00. The van der Waals surface area contributed by atoms with Crippen LogP contribution in [0.4, 0.5) is 11.4 Å². The van der Waals surface area contributed by atoms with Crippen molar-refractivity contribution in [3.8, 4) is 5.75 Å². The van der Waals surface area contributed by atoms with Crippen molar-refractivity contribution in [2.45, 2.75) is 45.1 Å². The van der Waals surface area contributed by atoms with E-state index in [2.05, 4.69) is 10.6 Å². The van der Waals surface area contributed by atoms with Crippen LogP contribution in [0.15, 0.2) is 18.2 Å². The average molecular weight is 356 g/mol. The van der Waals surface area contributed by atoms with Crippen molar-refractivity contribution in [1.29, 1.82) is 0 Å². The number of hydrogen-bond acceptors (Lipinski definition) is 4. The molecule has 134 valence electrons. The molecule has 0 spiro atoms. The molecule has 0 heterocycles. The number of benzene rings is 1. The van der Waals surface area contributed by atoms with E-state index in [1.54, 1.807) is 18.2 Å². The van der Waals surface area contributed by atoms with E-state index in [9.17, 15) is 9.59 Å². The number of rotatable bonds is 5. The molecule has 2 rings (SSSR count). The predicted molar refractivity (Wildman–Crippen MR) is 97.7 cm³/mol. The number of methoxy groups -OCH3 is 1. The van der Waals surface area contributed by atoms with Crippen molar-refractivity contribution in [3.05, 3.63) is 18.2 Å². The van der Waals surface area contributed by atoms with Crippen LogP contribution in [0, 0.1) is 5.92 Å². The van der Waals surface area contributed by atoms with Crippen molar-refractivity contribution >= 4 is 35.6 Å². The molecule has 1 aliphatic rings. The smallest absolute Gasteiger partial charge is 0.224 e.